The lowest BCUT2D eigenvalue weighted by Gasteiger charge is -2.37. The summed E-state index contributed by atoms with van der Waals surface area (Å²) >= 11 is 0. The Bertz CT molecular complexity index is 650. The number of carbonyl (C=O) groups excluding carboxylic acids is 1. The fraction of sp³-hybridized carbons (Fsp3) is 0.533. The van der Waals surface area contributed by atoms with E-state index in [2.05, 4.69) is 10.6 Å². The summed E-state index contributed by atoms with van der Waals surface area (Å²) < 4.78 is 22.0. The molecule has 6 N–H and O–H groups in total. The molecule has 0 aliphatic carbocycles. The maximum absolute atomic E-state index is 11.2. The summed E-state index contributed by atoms with van der Waals surface area (Å²) in [6, 6.07) is 5.89. The van der Waals surface area contributed by atoms with E-state index in [1.807, 2.05) is 0 Å². The van der Waals surface area contributed by atoms with Crippen LogP contribution in [0.1, 0.15) is 12.8 Å². The summed E-state index contributed by atoms with van der Waals surface area (Å²) in [5.41, 5.74) is 0.529. The lowest BCUT2D eigenvalue weighted by Crippen LogP contribution is -2.51. The van der Waals surface area contributed by atoms with Gasteiger partial charge in [-0.2, -0.15) is 0 Å². The molecule has 0 saturated carbocycles. The number of carbonyl (C=O) groups is 1. The summed E-state index contributed by atoms with van der Waals surface area (Å²) in [5, 5.41) is 25.0. The van der Waals surface area contributed by atoms with Crippen molar-refractivity contribution < 1.29 is 38.8 Å². The standard InChI is InChI=1S/C15H23N2O8P/c1-16-15(20)17-9-2-4-10(5-3-9)24-14-13(19)12(18)8-11(25-14)6-7-26(21,22)23/h2-5,11-14,18-19H,6-8H2,1H3,(H2,16,17,20)(H2,21,22,23). The number of hydrogen-bond donors (Lipinski definition) is 6. The second-order valence-electron chi connectivity index (χ2n) is 5.94. The molecule has 1 aromatic carbocycles. The summed E-state index contributed by atoms with van der Waals surface area (Å²) in [5.74, 6) is 0.333. The van der Waals surface area contributed by atoms with Crippen LogP contribution < -0.4 is 15.4 Å². The smallest absolute Gasteiger partial charge is 0.325 e. The van der Waals surface area contributed by atoms with Gasteiger partial charge in [-0.05, 0) is 30.7 Å². The first-order valence-corrected chi connectivity index (χ1v) is 9.79. The van der Waals surface area contributed by atoms with Crippen molar-refractivity contribution in [3.05, 3.63) is 24.3 Å². The van der Waals surface area contributed by atoms with Gasteiger partial charge in [-0.15, -0.1) is 0 Å². The van der Waals surface area contributed by atoms with Crippen LogP contribution in [-0.4, -0.2) is 63.8 Å². The second kappa shape index (κ2) is 8.81. The fourth-order valence-corrected chi connectivity index (χ4v) is 3.08. The molecule has 0 spiro atoms. The van der Waals surface area contributed by atoms with Crippen molar-refractivity contribution in [2.45, 2.75) is 37.4 Å². The van der Waals surface area contributed by atoms with Crippen LogP contribution in [0.5, 0.6) is 5.75 Å². The molecule has 1 aliphatic rings. The molecule has 2 amide bonds. The SMILES string of the molecule is CNC(=O)Nc1ccc(OC2OC(CCP(=O)(O)O)CC(O)C2O)cc1. The van der Waals surface area contributed by atoms with E-state index in [4.69, 9.17) is 19.3 Å². The van der Waals surface area contributed by atoms with Gasteiger partial charge in [0, 0.05) is 19.2 Å². The molecule has 4 unspecified atom stereocenters. The van der Waals surface area contributed by atoms with Crippen molar-refractivity contribution in [1.82, 2.24) is 5.32 Å². The highest BCUT2D eigenvalue weighted by Crippen LogP contribution is 2.37. The third-order valence-corrected chi connectivity index (χ3v) is 4.68. The number of rotatable bonds is 6. The third kappa shape index (κ3) is 6.24. The van der Waals surface area contributed by atoms with Gasteiger partial charge in [0.1, 0.15) is 11.9 Å². The van der Waals surface area contributed by atoms with Crippen LogP contribution in [0.4, 0.5) is 10.5 Å². The number of anilines is 1. The molecule has 26 heavy (non-hydrogen) atoms. The first-order valence-electron chi connectivity index (χ1n) is 7.99. The highest BCUT2D eigenvalue weighted by Gasteiger charge is 2.38. The van der Waals surface area contributed by atoms with Crippen LogP contribution in [-0.2, 0) is 9.30 Å². The summed E-state index contributed by atoms with van der Waals surface area (Å²) in [7, 11) is -2.69. The highest BCUT2D eigenvalue weighted by atomic mass is 31.2. The maximum atomic E-state index is 11.2. The Morgan fingerprint density at radius 2 is 1.96 bits per heavy atom. The quantitative estimate of drug-likeness (QED) is 0.377. The molecule has 11 heteroatoms. The Labute approximate surface area is 150 Å². The van der Waals surface area contributed by atoms with E-state index in [1.165, 1.54) is 7.05 Å². The van der Waals surface area contributed by atoms with Gasteiger partial charge < -0.3 is 40.1 Å². The Morgan fingerprint density at radius 3 is 2.54 bits per heavy atom. The molecule has 0 bridgehead atoms. The largest absolute Gasteiger partial charge is 0.462 e. The van der Waals surface area contributed by atoms with Crippen molar-refractivity contribution >= 4 is 19.3 Å². The van der Waals surface area contributed by atoms with Crippen molar-refractivity contribution in [1.29, 1.82) is 0 Å². The molecule has 1 saturated heterocycles. The van der Waals surface area contributed by atoms with Gasteiger partial charge in [0.15, 0.2) is 0 Å². The van der Waals surface area contributed by atoms with E-state index >= 15 is 0 Å². The van der Waals surface area contributed by atoms with Gasteiger partial charge in [0.05, 0.1) is 18.4 Å². The first-order chi connectivity index (χ1) is 12.2. The molecule has 10 nitrogen and oxygen atoms in total. The number of hydrogen-bond acceptors (Lipinski definition) is 6. The summed E-state index contributed by atoms with van der Waals surface area (Å²) in [4.78, 5) is 29.1. The topological polar surface area (TPSA) is 158 Å². The Morgan fingerprint density at radius 1 is 1.31 bits per heavy atom. The van der Waals surface area contributed by atoms with E-state index in [0.717, 1.165) is 0 Å². The van der Waals surface area contributed by atoms with E-state index in [9.17, 15) is 19.6 Å². The van der Waals surface area contributed by atoms with Gasteiger partial charge in [0.25, 0.3) is 0 Å². The van der Waals surface area contributed by atoms with Gasteiger partial charge in [0.2, 0.25) is 6.29 Å². The Hall–Kier alpha value is -1.68. The Kier molecular flexibility index (Phi) is 6.99. The number of ether oxygens (including phenoxy) is 2. The number of aliphatic hydroxyl groups is 2. The van der Waals surface area contributed by atoms with Crippen molar-refractivity contribution in [2.75, 3.05) is 18.5 Å². The van der Waals surface area contributed by atoms with E-state index < -0.39 is 32.2 Å². The zero-order valence-corrected chi connectivity index (χ0v) is 15.0. The van der Waals surface area contributed by atoms with Gasteiger partial charge in [-0.3, -0.25) is 4.57 Å². The maximum Gasteiger partial charge on any atom is 0.325 e. The third-order valence-electron chi connectivity index (χ3n) is 3.84. The predicted octanol–water partition coefficient (Wildman–Crippen LogP) is 0.221. The lowest BCUT2D eigenvalue weighted by molar-refractivity contribution is -0.235. The summed E-state index contributed by atoms with van der Waals surface area (Å²) in [6.45, 7) is 0. The van der Waals surface area contributed by atoms with Crippen molar-refractivity contribution in [3.63, 3.8) is 0 Å². The normalized spacial score (nSPS) is 26.2. The van der Waals surface area contributed by atoms with Crippen molar-refractivity contribution in [2.24, 2.45) is 0 Å². The van der Waals surface area contributed by atoms with Gasteiger partial charge in [-0.25, -0.2) is 4.79 Å². The highest BCUT2D eigenvalue weighted by molar-refractivity contribution is 7.51. The number of aliphatic hydroxyl groups excluding tert-OH is 2. The zero-order valence-electron chi connectivity index (χ0n) is 14.1. The average molecular weight is 390 g/mol. The number of amides is 2. The molecular formula is C15H23N2O8P. The molecule has 1 aromatic rings. The van der Waals surface area contributed by atoms with Gasteiger partial charge in [-0.1, -0.05) is 0 Å². The molecule has 1 aliphatic heterocycles. The average Bonchev–Trinajstić information content (AvgIpc) is 2.58. The molecule has 1 heterocycles. The number of urea groups is 1. The van der Waals surface area contributed by atoms with Crippen LogP contribution in [0.15, 0.2) is 24.3 Å². The summed E-state index contributed by atoms with van der Waals surface area (Å²) in [6.07, 6.45) is -4.57. The Balaban J connectivity index is 1.97. The van der Waals surface area contributed by atoms with E-state index in [-0.39, 0.29) is 25.0 Å². The van der Waals surface area contributed by atoms with Crippen LogP contribution in [0.3, 0.4) is 0 Å². The second-order valence-corrected chi connectivity index (χ2v) is 7.72. The van der Waals surface area contributed by atoms with Crippen LogP contribution >= 0.6 is 7.60 Å². The van der Waals surface area contributed by atoms with Crippen LogP contribution in [0.2, 0.25) is 0 Å². The predicted molar refractivity (Wildman–Crippen MR) is 92.0 cm³/mol. The zero-order chi connectivity index (χ0) is 19.3. The van der Waals surface area contributed by atoms with Crippen LogP contribution in [0.25, 0.3) is 0 Å². The first kappa shape index (κ1) is 20.6. The molecule has 0 radical (unpaired) electrons. The monoisotopic (exact) mass is 390 g/mol. The van der Waals surface area contributed by atoms with Gasteiger partial charge >= 0.3 is 13.6 Å². The van der Waals surface area contributed by atoms with Crippen molar-refractivity contribution in [3.8, 4) is 5.75 Å². The molecule has 2 rings (SSSR count). The molecule has 1 fully saturated rings. The van der Waals surface area contributed by atoms with Crippen LogP contribution in [0, 0.1) is 0 Å². The minimum absolute atomic E-state index is 0.0307. The molecular weight excluding hydrogens is 367 g/mol. The minimum Gasteiger partial charge on any atom is -0.462 e. The number of nitrogens with one attached hydrogen (secondary N) is 2. The molecule has 0 aromatic heterocycles. The lowest BCUT2D eigenvalue weighted by atomic mass is 10.0. The number of benzene rings is 1. The fourth-order valence-electron chi connectivity index (χ4n) is 2.46. The molecule has 4 atom stereocenters. The minimum atomic E-state index is -4.18. The molecule has 146 valence electrons. The van der Waals surface area contributed by atoms with E-state index in [0.29, 0.717) is 11.4 Å². The van der Waals surface area contributed by atoms with E-state index in [1.54, 1.807) is 24.3 Å².